The van der Waals surface area contributed by atoms with Crippen LogP contribution < -0.4 is 10.6 Å². The summed E-state index contributed by atoms with van der Waals surface area (Å²) in [5.41, 5.74) is 9.48. The van der Waals surface area contributed by atoms with Gasteiger partial charge in [0.15, 0.2) is 0 Å². The van der Waals surface area contributed by atoms with Crippen LogP contribution in [0.2, 0.25) is 0 Å². The Bertz CT molecular complexity index is 549. The maximum Gasteiger partial charge on any atom is 0.230 e. The molecule has 1 aliphatic carbocycles. The molecular weight excluding hydrogens is 284 g/mol. The van der Waals surface area contributed by atoms with Gasteiger partial charge in [-0.2, -0.15) is 0 Å². The number of hydrogen-bond acceptors (Lipinski definition) is 2. The molecule has 2 aliphatic rings. The van der Waals surface area contributed by atoms with Crippen molar-refractivity contribution in [3.8, 4) is 0 Å². The highest BCUT2D eigenvalue weighted by Crippen LogP contribution is 2.36. The molecule has 23 heavy (non-hydrogen) atoms. The minimum absolute atomic E-state index is 0.251. The molecule has 126 valence electrons. The number of benzene rings is 1. The van der Waals surface area contributed by atoms with E-state index in [1.165, 1.54) is 30.4 Å². The van der Waals surface area contributed by atoms with E-state index in [2.05, 4.69) is 30.0 Å². The van der Waals surface area contributed by atoms with Gasteiger partial charge in [-0.3, -0.25) is 4.79 Å². The number of anilines is 1. The lowest BCUT2D eigenvalue weighted by Gasteiger charge is -2.29. The Hall–Kier alpha value is -1.35. The first-order valence-electron chi connectivity index (χ1n) is 9.35. The third kappa shape index (κ3) is 3.60. The summed E-state index contributed by atoms with van der Waals surface area (Å²) in [4.78, 5) is 15.1. The normalized spacial score (nSPS) is 21.5. The van der Waals surface area contributed by atoms with E-state index in [1.54, 1.807) is 0 Å². The molecular formula is C20H30N2O. The van der Waals surface area contributed by atoms with Gasteiger partial charge in [0.2, 0.25) is 5.91 Å². The van der Waals surface area contributed by atoms with Gasteiger partial charge in [-0.25, -0.2) is 0 Å². The van der Waals surface area contributed by atoms with Crippen molar-refractivity contribution in [3.63, 3.8) is 0 Å². The van der Waals surface area contributed by atoms with Gasteiger partial charge < -0.3 is 10.6 Å². The van der Waals surface area contributed by atoms with Gasteiger partial charge in [0.05, 0.1) is 0 Å². The number of nitrogens with zero attached hydrogens (tertiary/aromatic N) is 1. The molecule has 3 nitrogen and oxygen atoms in total. The first-order chi connectivity index (χ1) is 11.2. The van der Waals surface area contributed by atoms with Crippen molar-refractivity contribution in [2.75, 3.05) is 11.4 Å². The molecule has 0 bridgehead atoms. The molecule has 0 saturated heterocycles. The van der Waals surface area contributed by atoms with E-state index in [-0.39, 0.29) is 5.92 Å². The summed E-state index contributed by atoms with van der Waals surface area (Å²) < 4.78 is 0. The predicted molar refractivity (Wildman–Crippen MR) is 95.7 cm³/mol. The molecule has 1 heterocycles. The second kappa shape index (κ2) is 7.48. The highest BCUT2D eigenvalue weighted by atomic mass is 16.2. The summed E-state index contributed by atoms with van der Waals surface area (Å²) in [7, 11) is 0. The Morgan fingerprint density at radius 1 is 1.22 bits per heavy atom. The number of rotatable bonds is 5. The van der Waals surface area contributed by atoms with Crippen LogP contribution in [0.3, 0.4) is 0 Å². The Morgan fingerprint density at radius 2 is 2.00 bits per heavy atom. The van der Waals surface area contributed by atoms with Crippen LogP contribution in [0.4, 0.5) is 5.69 Å². The molecule has 1 aromatic carbocycles. The molecule has 0 aromatic heterocycles. The number of aryl methyl sites for hydroxylation is 1. The monoisotopic (exact) mass is 314 g/mol. The van der Waals surface area contributed by atoms with E-state index in [0.717, 1.165) is 50.8 Å². The number of fused-ring (bicyclic) bond motifs is 1. The van der Waals surface area contributed by atoms with Crippen molar-refractivity contribution in [1.29, 1.82) is 0 Å². The average molecular weight is 314 g/mol. The van der Waals surface area contributed by atoms with E-state index in [0.29, 0.717) is 11.9 Å². The first-order valence-corrected chi connectivity index (χ1v) is 9.35. The quantitative estimate of drug-likeness (QED) is 0.840. The van der Waals surface area contributed by atoms with Gasteiger partial charge in [-0.05, 0) is 69.2 Å². The minimum atomic E-state index is 0.251. The average Bonchev–Trinajstić information content (AvgIpc) is 2.90. The van der Waals surface area contributed by atoms with Crippen molar-refractivity contribution < 1.29 is 4.79 Å². The second-order valence-electron chi connectivity index (χ2n) is 7.31. The SMILES string of the molecule is CC1Cc2cc(CCCCN)ccc2N1C(=O)C1CCCCC1. The van der Waals surface area contributed by atoms with E-state index in [9.17, 15) is 4.79 Å². The van der Waals surface area contributed by atoms with E-state index >= 15 is 0 Å². The molecule has 1 aliphatic heterocycles. The molecule has 3 heteroatoms. The Kier molecular flexibility index (Phi) is 5.37. The zero-order chi connectivity index (χ0) is 16.2. The first kappa shape index (κ1) is 16.5. The van der Waals surface area contributed by atoms with Crippen LogP contribution in [-0.4, -0.2) is 18.5 Å². The summed E-state index contributed by atoms with van der Waals surface area (Å²) in [6, 6.07) is 7.00. The third-order valence-corrected chi connectivity index (χ3v) is 5.47. The molecule has 3 rings (SSSR count). The molecule has 1 atom stereocenters. The van der Waals surface area contributed by atoms with Gasteiger partial charge in [-0.15, -0.1) is 0 Å². The highest BCUT2D eigenvalue weighted by Gasteiger charge is 2.35. The molecule has 0 spiro atoms. The van der Waals surface area contributed by atoms with Gasteiger partial charge in [-0.1, -0.05) is 31.4 Å². The molecule has 1 unspecified atom stereocenters. The fourth-order valence-corrected chi connectivity index (χ4v) is 4.20. The van der Waals surface area contributed by atoms with Crippen molar-refractivity contribution in [2.45, 2.75) is 70.8 Å². The van der Waals surface area contributed by atoms with Gasteiger partial charge in [0, 0.05) is 17.6 Å². The Morgan fingerprint density at radius 3 is 2.74 bits per heavy atom. The van der Waals surface area contributed by atoms with E-state index in [4.69, 9.17) is 5.73 Å². The highest BCUT2D eigenvalue weighted by molar-refractivity contribution is 5.97. The summed E-state index contributed by atoms with van der Waals surface area (Å²) >= 11 is 0. The van der Waals surface area contributed by atoms with Crippen molar-refractivity contribution in [3.05, 3.63) is 29.3 Å². The summed E-state index contributed by atoms with van der Waals surface area (Å²) in [6.07, 6.45) is 10.2. The third-order valence-electron chi connectivity index (χ3n) is 5.47. The standard InChI is InChI=1S/C20H30N2O/c1-15-13-18-14-16(7-5-6-12-21)10-11-19(18)22(15)20(23)17-8-3-2-4-9-17/h10-11,14-15,17H,2-9,12-13,21H2,1H3. The zero-order valence-electron chi connectivity index (χ0n) is 14.4. The summed E-state index contributed by atoms with van der Waals surface area (Å²) in [5.74, 6) is 0.619. The van der Waals surface area contributed by atoms with Crippen LogP contribution >= 0.6 is 0 Å². The maximum absolute atomic E-state index is 13.0. The Labute approximate surface area is 140 Å². The second-order valence-corrected chi connectivity index (χ2v) is 7.31. The number of unbranched alkanes of at least 4 members (excludes halogenated alkanes) is 1. The van der Waals surface area contributed by atoms with Gasteiger partial charge in [0.25, 0.3) is 0 Å². The lowest BCUT2D eigenvalue weighted by Crippen LogP contribution is -2.40. The largest absolute Gasteiger partial charge is 0.330 e. The summed E-state index contributed by atoms with van der Waals surface area (Å²) in [5, 5.41) is 0. The molecule has 0 radical (unpaired) electrons. The molecule has 1 saturated carbocycles. The number of nitrogens with two attached hydrogens (primary N) is 1. The maximum atomic E-state index is 13.0. The Balaban J connectivity index is 1.73. The smallest absolute Gasteiger partial charge is 0.230 e. The predicted octanol–water partition coefficient (Wildman–Crippen LogP) is 3.83. The van der Waals surface area contributed by atoms with Crippen molar-refractivity contribution in [2.24, 2.45) is 11.7 Å². The molecule has 1 fully saturated rings. The molecule has 1 amide bonds. The van der Waals surface area contributed by atoms with Crippen LogP contribution in [0.5, 0.6) is 0 Å². The van der Waals surface area contributed by atoms with Crippen LogP contribution in [0.1, 0.15) is 63.0 Å². The summed E-state index contributed by atoms with van der Waals surface area (Å²) in [6.45, 7) is 2.96. The molecule has 1 aromatic rings. The van der Waals surface area contributed by atoms with Crippen LogP contribution in [0.25, 0.3) is 0 Å². The topological polar surface area (TPSA) is 46.3 Å². The van der Waals surface area contributed by atoms with Gasteiger partial charge in [0.1, 0.15) is 0 Å². The zero-order valence-corrected chi connectivity index (χ0v) is 14.4. The van der Waals surface area contributed by atoms with Crippen molar-refractivity contribution >= 4 is 11.6 Å². The number of carbonyl (C=O) groups excluding carboxylic acids is 1. The van der Waals surface area contributed by atoms with Crippen molar-refractivity contribution in [1.82, 2.24) is 0 Å². The fourth-order valence-electron chi connectivity index (χ4n) is 4.20. The van der Waals surface area contributed by atoms with E-state index < -0.39 is 0 Å². The number of hydrogen-bond donors (Lipinski definition) is 1. The van der Waals surface area contributed by atoms with Crippen LogP contribution in [0.15, 0.2) is 18.2 Å². The van der Waals surface area contributed by atoms with Crippen LogP contribution in [0, 0.1) is 5.92 Å². The molecule has 2 N–H and O–H groups in total. The number of amides is 1. The van der Waals surface area contributed by atoms with Gasteiger partial charge >= 0.3 is 0 Å². The fraction of sp³-hybridized carbons (Fsp3) is 0.650. The van der Waals surface area contributed by atoms with Crippen LogP contribution in [-0.2, 0) is 17.6 Å². The lowest BCUT2D eigenvalue weighted by molar-refractivity contribution is -0.123. The lowest BCUT2D eigenvalue weighted by atomic mass is 9.88. The minimum Gasteiger partial charge on any atom is -0.330 e. The number of carbonyl (C=O) groups is 1. The van der Waals surface area contributed by atoms with E-state index in [1.807, 2.05) is 0 Å².